The minimum Gasteiger partial charge on any atom is -0.487 e. The zero-order valence-electron chi connectivity index (χ0n) is 11.7. The Morgan fingerprint density at radius 2 is 2.05 bits per heavy atom. The number of nitrogens with zero attached hydrogens (tertiary/aromatic N) is 2. The lowest BCUT2D eigenvalue weighted by Crippen LogP contribution is -2.03. The van der Waals surface area contributed by atoms with Gasteiger partial charge in [-0.25, -0.2) is 0 Å². The van der Waals surface area contributed by atoms with E-state index in [1.54, 1.807) is 0 Å². The van der Waals surface area contributed by atoms with Crippen LogP contribution in [0.4, 0.5) is 0 Å². The third kappa shape index (κ3) is 2.80. The van der Waals surface area contributed by atoms with E-state index in [-0.39, 0.29) is 0 Å². The topological polar surface area (TPSA) is 53.1 Å². The third-order valence-electron chi connectivity index (χ3n) is 3.44. The van der Waals surface area contributed by atoms with Crippen molar-refractivity contribution in [2.45, 2.75) is 13.2 Å². The lowest BCUT2D eigenvalue weighted by molar-refractivity contribution is 0.298. The minimum absolute atomic E-state index is 0.427. The van der Waals surface area contributed by atoms with Crippen molar-refractivity contribution in [2.75, 3.05) is 0 Å². The van der Waals surface area contributed by atoms with Gasteiger partial charge in [-0.2, -0.15) is 5.10 Å². The first-order valence-electron chi connectivity index (χ1n) is 6.71. The Morgan fingerprint density at radius 1 is 1.24 bits per heavy atom. The van der Waals surface area contributed by atoms with E-state index in [9.17, 15) is 0 Å². The standard InChI is InChI=1S/C16H16BrN3O/c1-20-15-5-3-2-4-13(15)14(19-20)10-21-16-7-6-12(17)8-11(16)9-18/h2-8H,9-10,18H2,1H3. The molecule has 0 saturated heterocycles. The van der Waals surface area contributed by atoms with Gasteiger partial charge >= 0.3 is 0 Å². The fourth-order valence-corrected chi connectivity index (χ4v) is 2.80. The van der Waals surface area contributed by atoms with Crippen LogP contribution in [0.2, 0.25) is 0 Å². The summed E-state index contributed by atoms with van der Waals surface area (Å²) in [7, 11) is 1.94. The van der Waals surface area contributed by atoms with Crippen LogP contribution >= 0.6 is 15.9 Å². The number of ether oxygens (including phenoxy) is 1. The molecule has 0 radical (unpaired) electrons. The number of rotatable bonds is 4. The van der Waals surface area contributed by atoms with Gasteiger partial charge in [0.15, 0.2) is 0 Å². The lowest BCUT2D eigenvalue weighted by atomic mass is 10.2. The molecule has 1 heterocycles. The van der Waals surface area contributed by atoms with Gasteiger partial charge in [-0.05, 0) is 24.3 Å². The van der Waals surface area contributed by atoms with Crippen LogP contribution < -0.4 is 10.5 Å². The van der Waals surface area contributed by atoms with Crippen molar-refractivity contribution in [3.8, 4) is 5.75 Å². The van der Waals surface area contributed by atoms with Crippen LogP contribution in [0.3, 0.4) is 0 Å². The number of aromatic nitrogens is 2. The van der Waals surface area contributed by atoms with Gasteiger partial charge in [0.25, 0.3) is 0 Å². The Morgan fingerprint density at radius 3 is 2.86 bits per heavy atom. The van der Waals surface area contributed by atoms with E-state index in [0.717, 1.165) is 32.4 Å². The summed E-state index contributed by atoms with van der Waals surface area (Å²) in [6, 6.07) is 14.0. The van der Waals surface area contributed by atoms with Crippen molar-refractivity contribution in [1.29, 1.82) is 0 Å². The molecule has 108 valence electrons. The summed E-state index contributed by atoms with van der Waals surface area (Å²) < 4.78 is 8.79. The van der Waals surface area contributed by atoms with E-state index in [1.807, 2.05) is 42.1 Å². The van der Waals surface area contributed by atoms with Crippen LogP contribution in [0.25, 0.3) is 10.9 Å². The number of hydrogen-bond acceptors (Lipinski definition) is 3. The summed E-state index contributed by atoms with van der Waals surface area (Å²) in [5.74, 6) is 0.801. The second kappa shape index (κ2) is 5.87. The molecule has 0 bridgehead atoms. The molecule has 1 aromatic heterocycles. The number of hydrogen-bond donors (Lipinski definition) is 1. The maximum Gasteiger partial charge on any atom is 0.133 e. The molecule has 0 atom stereocenters. The molecular weight excluding hydrogens is 330 g/mol. The fourth-order valence-electron chi connectivity index (χ4n) is 2.39. The van der Waals surface area contributed by atoms with E-state index in [2.05, 4.69) is 33.2 Å². The molecule has 0 unspecified atom stereocenters. The Balaban J connectivity index is 1.87. The Kier molecular flexibility index (Phi) is 3.94. The summed E-state index contributed by atoms with van der Waals surface area (Å²) in [4.78, 5) is 0. The molecule has 0 fully saturated rings. The molecule has 0 aliphatic carbocycles. The number of nitrogens with two attached hydrogens (primary N) is 1. The van der Waals surface area contributed by atoms with E-state index < -0.39 is 0 Å². The molecule has 4 nitrogen and oxygen atoms in total. The normalized spacial score (nSPS) is 11.0. The Hall–Kier alpha value is -1.85. The minimum atomic E-state index is 0.427. The molecule has 3 aromatic rings. The first kappa shape index (κ1) is 14.1. The van der Waals surface area contributed by atoms with Crippen molar-refractivity contribution >= 4 is 26.8 Å². The maximum absolute atomic E-state index is 5.91. The molecule has 0 aliphatic rings. The predicted octanol–water partition coefficient (Wildman–Crippen LogP) is 3.37. The van der Waals surface area contributed by atoms with Gasteiger partial charge in [0.05, 0.1) is 5.52 Å². The zero-order chi connectivity index (χ0) is 14.8. The number of benzene rings is 2. The van der Waals surface area contributed by atoms with Crippen molar-refractivity contribution in [1.82, 2.24) is 9.78 Å². The van der Waals surface area contributed by atoms with Gasteiger partial charge in [0.2, 0.25) is 0 Å². The summed E-state index contributed by atoms with van der Waals surface area (Å²) in [6.07, 6.45) is 0. The monoisotopic (exact) mass is 345 g/mol. The summed E-state index contributed by atoms with van der Waals surface area (Å²) in [5.41, 5.74) is 8.77. The van der Waals surface area contributed by atoms with E-state index in [4.69, 9.17) is 10.5 Å². The van der Waals surface area contributed by atoms with E-state index >= 15 is 0 Å². The summed E-state index contributed by atoms with van der Waals surface area (Å²) in [5, 5.41) is 5.65. The quantitative estimate of drug-likeness (QED) is 0.788. The smallest absolute Gasteiger partial charge is 0.133 e. The summed E-state index contributed by atoms with van der Waals surface area (Å²) >= 11 is 3.44. The molecule has 0 spiro atoms. The van der Waals surface area contributed by atoms with Crippen LogP contribution in [0, 0.1) is 0 Å². The maximum atomic E-state index is 5.91. The first-order valence-corrected chi connectivity index (χ1v) is 7.50. The molecule has 2 aromatic carbocycles. The fraction of sp³-hybridized carbons (Fsp3) is 0.188. The van der Waals surface area contributed by atoms with Crippen molar-refractivity contribution < 1.29 is 4.74 Å². The van der Waals surface area contributed by atoms with Crippen molar-refractivity contribution in [3.63, 3.8) is 0 Å². The summed E-state index contributed by atoms with van der Waals surface area (Å²) in [6.45, 7) is 0.869. The zero-order valence-corrected chi connectivity index (χ0v) is 13.3. The largest absolute Gasteiger partial charge is 0.487 e. The second-order valence-corrected chi connectivity index (χ2v) is 5.75. The highest BCUT2D eigenvalue weighted by Crippen LogP contribution is 2.25. The molecule has 21 heavy (non-hydrogen) atoms. The highest BCUT2D eigenvalue weighted by molar-refractivity contribution is 9.10. The highest BCUT2D eigenvalue weighted by Gasteiger charge is 2.10. The molecule has 0 amide bonds. The average Bonchev–Trinajstić information content (AvgIpc) is 2.83. The number of aryl methyl sites for hydroxylation is 1. The second-order valence-electron chi connectivity index (χ2n) is 4.83. The molecule has 0 aliphatic heterocycles. The lowest BCUT2D eigenvalue weighted by Gasteiger charge is -2.09. The van der Waals surface area contributed by atoms with Crippen LogP contribution in [0.5, 0.6) is 5.75 Å². The molecule has 5 heteroatoms. The van der Waals surface area contributed by atoms with Gasteiger partial charge in [0.1, 0.15) is 18.1 Å². The van der Waals surface area contributed by atoms with Crippen molar-refractivity contribution in [2.24, 2.45) is 12.8 Å². The predicted molar refractivity (Wildman–Crippen MR) is 87.1 cm³/mol. The molecule has 2 N–H and O–H groups in total. The first-order chi connectivity index (χ1) is 10.2. The Bertz CT molecular complexity index is 782. The van der Waals surface area contributed by atoms with Crippen molar-refractivity contribution in [3.05, 3.63) is 58.2 Å². The van der Waals surface area contributed by atoms with Crippen LogP contribution in [0.15, 0.2) is 46.9 Å². The molecular formula is C16H16BrN3O. The molecule has 0 saturated carbocycles. The average molecular weight is 346 g/mol. The van der Waals surface area contributed by atoms with Gasteiger partial charge in [0, 0.05) is 29.0 Å². The van der Waals surface area contributed by atoms with Crippen LogP contribution in [-0.4, -0.2) is 9.78 Å². The number of halogens is 1. The SMILES string of the molecule is Cn1nc(COc2ccc(Br)cc2CN)c2ccccc21. The highest BCUT2D eigenvalue weighted by atomic mass is 79.9. The number of fused-ring (bicyclic) bond motifs is 1. The third-order valence-corrected chi connectivity index (χ3v) is 3.93. The van der Waals surface area contributed by atoms with Gasteiger partial charge < -0.3 is 10.5 Å². The molecule has 3 rings (SSSR count). The number of para-hydroxylation sites is 1. The Labute approximate surface area is 131 Å². The van der Waals surface area contributed by atoms with Crippen LogP contribution in [-0.2, 0) is 20.2 Å². The van der Waals surface area contributed by atoms with E-state index in [0.29, 0.717) is 13.2 Å². The van der Waals surface area contributed by atoms with Gasteiger partial charge in [-0.15, -0.1) is 0 Å². The van der Waals surface area contributed by atoms with E-state index in [1.165, 1.54) is 0 Å². The van der Waals surface area contributed by atoms with Gasteiger partial charge in [-0.3, -0.25) is 4.68 Å². The van der Waals surface area contributed by atoms with Gasteiger partial charge in [-0.1, -0.05) is 34.1 Å². The van der Waals surface area contributed by atoms with Crippen LogP contribution in [0.1, 0.15) is 11.3 Å².